The van der Waals surface area contributed by atoms with Crippen LogP contribution in [-0.4, -0.2) is 38.6 Å². The van der Waals surface area contributed by atoms with Gasteiger partial charge in [-0.1, -0.05) is 24.3 Å². The highest BCUT2D eigenvalue weighted by molar-refractivity contribution is 7.90. The second-order valence-electron chi connectivity index (χ2n) is 6.16. The normalized spacial score (nSPS) is 12.4. The molecule has 0 spiro atoms. The van der Waals surface area contributed by atoms with Crippen molar-refractivity contribution in [1.82, 2.24) is 4.90 Å². The van der Waals surface area contributed by atoms with Crippen LogP contribution in [0.5, 0.6) is 0 Å². The van der Waals surface area contributed by atoms with Crippen LogP contribution in [-0.2, 0) is 21.2 Å². The van der Waals surface area contributed by atoms with Crippen LogP contribution in [0.15, 0.2) is 53.4 Å². The van der Waals surface area contributed by atoms with Gasteiger partial charge in [0.1, 0.15) is 0 Å². The first-order chi connectivity index (χ1) is 12.2. The molecule has 1 amide bonds. The van der Waals surface area contributed by atoms with Crippen molar-refractivity contribution in [3.05, 3.63) is 59.7 Å². The third kappa shape index (κ3) is 4.91. The lowest BCUT2D eigenvalue weighted by Gasteiger charge is -2.24. The Kier molecular flexibility index (Phi) is 6.14. The van der Waals surface area contributed by atoms with E-state index in [4.69, 9.17) is 5.26 Å². The largest absolute Gasteiger partial charge is 0.324 e. The number of hydrogen-bond donors (Lipinski definition) is 1. The number of amides is 1. The third-order valence-electron chi connectivity index (χ3n) is 4.07. The van der Waals surface area contributed by atoms with E-state index in [0.29, 0.717) is 12.1 Å². The molecule has 0 saturated carbocycles. The molecule has 0 heterocycles. The quantitative estimate of drug-likeness (QED) is 0.842. The van der Waals surface area contributed by atoms with Crippen molar-refractivity contribution in [2.75, 3.05) is 18.6 Å². The van der Waals surface area contributed by atoms with Crippen LogP contribution < -0.4 is 5.32 Å². The van der Waals surface area contributed by atoms with Crippen LogP contribution in [0.3, 0.4) is 0 Å². The van der Waals surface area contributed by atoms with Crippen molar-refractivity contribution in [2.24, 2.45) is 0 Å². The van der Waals surface area contributed by atoms with Crippen LogP contribution in [0.1, 0.15) is 18.1 Å². The average molecular weight is 371 g/mol. The Hall–Kier alpha value is -2.69. The smallest absolute Gasteiger partial charge is 0.241 e. The number of hydrogen-bond acceptors (Lipinski definition) is 5. The van der Waals surface area contributed by atoms with Crippen LogP contribution in [0.2, 0.25) is 0 Å². The molecule has 0 aromatic heterocycles. The van der Waals surface area contributed by atoms with Gasteiger partial charge in [0, 0.05) is 12.8 Å². The summed E-state index contributed by atoms with van der Waals surface area (Å²) in [6.07, 6.45) is 1.11. The molecule has 0 bridgehead atoms. The molecular weight excluding hydrogens is 350 g/mol. The number of para-hydroxylation sites is 1. The summed E-state index contributed by atoms with van der Waals surface area (Å²) in [4.78, 5) is 14.5. The summed E-state index contributed by atoms with van der Waals surface area (Å²) in [7, 11) is -1.64. The van der Waals surface area contributed by atoms with E-state index in [-0.39, 0.29) is 16.5 Å². The van der Waals surface area contributed by atoms with E-state index in [9.17, 15) is 13.2 Å². The minimum absolute atomic E-state index is 0.0879. The zero-order chi connectivity index (χ0) is 19.3. The zero-order valence-corrected chi connectivity index (χ0v) is 15.7. The average Bonchev–Trinajstić information content (AvgIpc) is 2.60. The van der Waals surface area contributed by atoms with Crippen molar-refractivity contribution in [2.45, 2.75) is 24.4 Å². The molecule has 1 unspecified atom stereocenters. The molecule has 6 nitrogen and oxygen atoms in total. The molecule has 0 aliphatic rings. The number of carbonyl (C=O) groups is 1. The predicted molar refractivity (Wildman–Crippen MR) is 100 cm³/mol. The number of anilines is 1. The molecule has 136 valence electrons. The van der Waals surface area contributed by atoms with Crippen LogP contribution in [0.25, 0.3) is 0 Å². The van der Waals surface area contributed by atoms with Gasteiger partial charge in [0.25, 0.3) is 0 Å². The first-order valence-corrected chi connectivity index (χ1v) is 9.90. The van der Waals surface area contributed by atoms with Crippen LogP contribution >= 0.6 is 0 Å². The van der Waals surface area contributed by atoms with E-state index in [1.165, 1.54) is 6.07 Å². The Morgan fingerprint density at radius 1 is 1.23 bits per heavy atom. The molecule has 2 aromatic carbocycles. The fourth-order valence-electron chi connectivity index (χ4n) is 2.49. The second-order valence-corrected chi connectivity index (χ2v) is 8.15. The summed E-state index contributed by atoms with van der Waals surface area (Å²) in [5, 5.41) is 11.7. The van der Waals surface area contributed by atoms with Gasteiger partial charge in [-0.15, -0.1) is 0 Å². The lowest BCUT2D eigenvalue weighted by molar-refractivity contribution is -0.120. The fourth-order valence-corrected chi connectivity index (χ4v) is 3.34. The number of sulfone groups is 1. The first-order valence-electron chi connectivity index (χ1n) is 8.01. The Morgan fingerprint density at radius 3 is 2.58 bits per heavy atom. The second kappa shape index (κ2) is 8.13. The highest BCUT2D eigenvalue weighted by atomic mass is 32.2. The van der Waals surface area contributed by atoms with E-state index in [1.54, 1.807) is 50.4 Å². The Balaban J connectivity index is 2.11. The Bertz CT molecular complexity index is 948. The van der Waals surface area contributed by atoms with Gasteiger partial charge in [0.15, 0.2) is 9.84 Å². The lowest BCUT2D eigenvalue weighted by atomic mass is 10.1. The van der Waals surface area contributed by atoms with Gasteiger partial charge in [0.2, 0.25) is 5.91 Å². The Labute approximate surface area is 154 Å². The highest BCUT2D eigenvalue weighted by Crippen LogP contribution is 2.21. The predicted octanol–water partition coefficient (Wildman–Crippen LogP) is 2.42. The summed E-state index contributed by atoms with van der Waals surface area (Å²) in [6, 6.07) is 15.1. The summed E-state index contributed by atoms with van der Waals surface area (Å²) >= 11 is 0. The van der Waals surface area contributed by atoms with Crippen LogP contribution in [0.4, 0.5) is 5.69 Å². The van der Waals surface area contributed by atoms with Gasteiger partial charge in [-0.3, -0.25) is 9.69 Å². The number of benzene rings is 2. The minimum Gasteiger partial charge on any atom is -0.324 e. The van der Waals surface area contributed by atoms with E-state index in [1.807, 2.05) is 11.0 Å². The summed E-state index contributed by atoms with van der Waals surface area (Å²) in [5.41, 5.74) is 1.75. The van der Waals surface area contributed by atoms with Gasteiger partial charge in [-0.25, -0.2) is 8.42 Å². The van der Waals surface area contributed by atoms with Crippen molar-refractivity contribution >= 4 is 21.4 Å². The van der Waals surface area contributed by atoms with Gasteiger partial charge >= 0.3 is 0 Å². The van der Waals surface area contributed by atoms with Crippen molar-refractivity contribution in [3.8, 4) is 6.07 Å². The maximum absolute atomic E-state index is 12.5. The Morgan fingerprint density at radius 2 is 1.92 bits per heavy atom. The van der Waals surface area contributed by atoms with Gasteiger partial charge < -0.3 is 5.32 Å². The standard InChI is InChI=1S/C19H21N3O3S/c1-14(22(2)13-16-8-6-7-15(11-16)12-20)19(23)21-17-9-4-5-10-18(17)26(3,24)25/h4-11,14H,13H2,1-3H3,(H,21,23). The van der Waals surface area contributed by atoms with Crippen molar-refractivity contribution in [3.63, 3.8) is 0 Å². The summed E-state index contributed by atoms with van der Waals surface area (Å²) in [5.74, 6) is -0.306. The van der Waals surface area contributed by atoms with Gasteiger partial charge in [-0.05, 0) is 43.8 Å². The number of nitriles is 1. The molecule has 1 atom stereocenters. The SMILES string of the molecule is CC(C(=O)Nc1ccccc1S(C)(=O)=O)N(C)Cc1cccc(C#N)c1. The third-order valence-corrected chi connectivity index (χ3v) is 5.23. The molecule has 7 heteroatoms. The molecule has 0 aliphatic heterocycles. The molecule has 2 rings (SSSR count). The molecule has 2 aromatic rings. The maximum Gasteiger partial charge on any atom is 0.241 e. The van der Waals surface area contributed by atoms with Crippen molar-refractivity contribution < 1.29 is 13.2 Å². The summed E-state index contributed by atoms with van der Waals surface area (Å²) in [6.45, 7) is 2.23. The van der Waals surface area contributed by atoms with E-state index in [2.05, 4.69) is 11.4 Å². The topological polar surface area (TPSA) is 90.3 Å². The molecule has 0 aliphatic carbocycles. The maximum atomic E-state index is 12.5. The fraction of sp³-hybridized carbons (Fsp3) is 0.263. The number of nitrogens with zero attached hydrogens (tertiary/aromatic N) is 2. The van der Waals surface area contributed by atoms with Gasteiger partial charge in [0.05, 0.1) is 28.3 Å². The molecule has 1 N–H and O–H groups in total. The highest BCUT2D eigenvalue weighted by Gasteiger charge is 2.21. The van der Waals surface area contributed by atoms with Gasteiger partial charge in [-0.2, -0.15) is 5.26 Å². The molecule has 0 fully saturated rings. The number of rotatable bonds is 6. The number of carbonyl (C=O) groups excluding carboxylic acids is 1. The molecular formula is C19H21N3O3S. The molecule has 0 radical (unpaired) electrons. The first kappa shape index (κ1) is 19.6. The monoisotopic (exact) mass is 371 g/mol. The van der Waals surface area contributed by atoms with Crippen LogP contribution in [0, 0.1) is 11.3 Å². The van der Waals surface area contributed by atoms with Crippen molar-refractivity contribution in [1.29, 1.82) is 5.26 Å². The number of nitrogens with one attached hydrogen (secondary N) is 1. The summed E-state index contributed by atoms with van der Waals surface area (Å²) < 4.78 is 23.7. The lowest BCUT2D eigenvalue weighted by Crippen LogP contribution is -2.39. The van der Waals surface area contributed by atoms with E-state index in [0.717, 1.165) is 11.8 Å². The zero-order valence-electron chi connectivity index (χ0n) is 14.9. The minimum atomic E-state index is -3.44. The number of likely N-dealkylation sites (N-methyl/N-ethyl adjacent to an activating group) is 1. The molecule has 26 heavy (non-hydrogen) atoms. The van der Waals surface area contributed by atoms with E-state index < -0.39 is 15.9 Å². The van der Waals surface area contributed by atoms with E-state index >= 15 is 0 Å². The molecule has 0 saturated heterocycles.